The number of H-pyrrole nitrogens is 1. The average molecular weight is 230 g/mol. The van der Waals surface area contributed by atoms with Gasteiger partial charge in [-0.05, 0) is 24.6 Å². The molecule has 2 aromatic rings. The fraction of sp³-hybridized carbons (Fsp3) is 0.462. The Morgan fingerprint density at radius 3 is 2.88 bits per heavy atom. The summed E-state index contributed by atoms with van der Waals surface area (Å²) in [4.78, 5) is 2.42. The van der Waals surface area contributed by atoms with Crippen LogP contribution in [0.1, 0.15) is 12.6 Å². The van der Waals surface area contributed by atoms with E-state index in [-0.39, 0.29) is 0 Å². The minimum Gasteiger partial charge on any atom is -0.369 e. The number of aryl methyl sites for hydroxylation is 1. The molecule has 1 aliphatic rings. The Labute approximate surface area is 101 Å². The van der Waals surface area contributed by atoms with Crippen molar-refractivity contribution >= 4 is 16.6 Å². The van der Waals surface area contributed by atoms with Crippen LogP contribution in [-0.4, -0.2) is 36.4 Å². The first-order valence-corrected chi connectivity index (χ1v) is 6.31. The highest BCUT2D eigenvalue weighted by molar-refractivity contribution is 5.84. The van der Waals surface area contributed by atoms with E-state index in [1.165, 1.54) is 11.1 Å². The molecule has 1 fully saturated rings. The zero-order valence-corrected chi connectivity index (χ0v) is 10.2. The van der Waals surface area contributed by atoms with Gasteiger partial charge in [0.15, 0.2) is 0 Å². The standard InChI is InChI=1S/C13H18N4/c1-2-12-11-4-3-10(9-13(11)16-15-12)17-7-5-14-6-8-17/h3-4,9,14H,2,5-8H2,1H3,(H,15,16). The zero-order chi connectivity index (χ0) is 11.7. The lowest BCUT2D eigenvalue weighted by Crippen LogP contribution is -2.43. The molecule has 4 nitrogen and oxygen atoms in total. The quantitative estimate of drug-likeness (QED) is 0.822. The first-order chi connectivity index (χ1) is 8.38. The predicted molar refractivity (Wildman–Crippen MR) is 70.6 cm³/mol. The minimum atomic E-state index is 0.979. The van der Waals surface area contributed by atoms with Crippen molar-refractivity contribution in [1.29, 1.82) is 0 Å². The Bertz CT molecular complexity index is 511. The maximum atomic E-state index is 4.34. The Balaban J connectivity index is 1.95. The van der Waals surface area contributed by atoms with Gasteiger partial charge < -0.3 is 10.2 Å². The lowest BCUT2D eigenvalue weighted by atomic mass is 10.1. The lowest BCUT2D eigenvalue weighted by molar-refractivity contribution is 0.589. The molecule has 0 saturated carbocycles. The van der Waals surface area contributed by atoms with E-state index in [1.807, 2.05) is 0 Å². The molecule has 90 valence electrons. The molecule has 1 aromatic carbocycles. The molecule has 3 rings (SSSR count). The van der Waals surface area contributed by atoms with E-state index in [0.717, 1.165) is 43.8 Å². The van der Waals surface area contributed by atoms with Crippen molar-refractivity contribution in [2.45, 2.75) is 13.3 Å². The molecule has 0 amide bonds. The van der Waals surface area contributed by atoms with Crippen molar-refractivity contribution in [1.82, 2.24) is 15.5 Å². The van der Waals surface area contributed by atoms with E-state index >= 15 is 0 Å². The van der Waals surface area contributed by atoms with Crippen molar-refractivity contribution in [3.8, 4) is 0 Å². The first-order valence-electron chi connectivity index (χ1n) is 6.31. The van der Waals surface area contributed by atoms with Crippen molar-refractivity contribution in [3.05, 3.63) is 23.9 Å². The van der Waals surface area contributed by atoms with Crippen LogP contribution in [0.25, 0.3) is 10.9 Å². The lowest BCUT2D eigenvalue weighted by Gasteiger charge is -2.29. The summed E-state index contributed by atoms with van der Waals surface area (Å²) in [6.07, 6.45) is 0.979. The monoisotopic (exact) mass is 230 g/mol. The molecule has 0 unspecified atom stereocenters. The highest BCUT2D eigenvalue weighted by atomic mass is 15.2. The average Bonchev–Trinajstić information content (AvgIpc) is 2.81. The molecule has 1 aliphatic heterocycles. The second kappa shape index (κ2) is 4.37. The molecule has 0 atom stereocenters. The van der Waals surface area contributed by atoms with Crippen LogP contribution in [0.5, 0.6) is 0 Å². The minimum absolute atomic E-state index is 0.979. The second-order valence-electron chi connectivity index (χ2n) is 4.49. The maximum Gasteiger partial charge on any atom is 0.0698 e. The first kappa shape index (κ1) is 10.6. The van der Waals surface area contributed by atoms with Crippen molar-refractivity contribution in [2.75, 3.05) is 31.1 Å². The van der Waals surface area contributed by atoms with Crippen LogP contribution in [0, 0.1) is 0 Å². The topological polar surface area (TPSA) is 44.0 Å². The highest BCUT2D eigenvalue weighted by Gasteiger charge is 2.12. The number of benzene rings is 1. The predicted octanol–water partition coefficient (Wildman–Crippen LogP) is 1.53. The fourth-order valence-corrected chi connectivity index (χ4v) is 2.45. The van der Waals surface area contributed by atoms with Crippen LogP contribution in [-0.2, 0) is 6.42 Å². The molecule has 0 bridgehead atoms. The van der Waals surface area contributed by atoms with Gasteiger partial charge in [-0.3, -0.25) is 5.10 Å². The van der Waals surface area contributed by atoms with E-state index in [1.54, 1.807) is 0 Å². The number of fused-ring (bicyclic) bond motifs is 1. The normalized spacial score (nSPS) is 16.6. The third-order valence-electron chi connectivity index (χ3n) is 3.44. The molecule has 2 heterocycles. The van der Waals surface area contributed by atoms with Gasteiger partial charge >= 0.3 is 0 Å². The summed E-state index contributed by atoms with van der Waals surface area (Å²) >= 11 is 0. The van der Waals surface area contributed by atoms with E-state index in [0.29, 0.717) is 0 Å². The number of anilines is 1. The summed E-state index contributed by atoms with van der Waals surface area (Å²) in [7, 11) is 0. The molecule has 0 spiro atoms. The molecular weight excluding hydrogens is 212 g/mol. The third-order valence-corrected chi connectivity index (χ3v) is 3.44. The van der Waals surface area contributed by atoms with Crippen LogP contribution in [0.15, 0.2) is 18.2 Å². The Morgan fingerprint density at radius 1 is 1.29 bits per heavy atom. The fourth-order valence-electron chi connectivity index (χ4n) is 2.45. The van der Waals surface area contributed by atoms with Gasteiger partial charge in [-0.25, -0.2) is 0 Å². The van der Waals surface area contributed by atoms with Crippen LogP contribution < -0.4 is 10.2 Å². The zero-order valence-electron chi connectivity index (χ0n) is 10.2. The number of piperazine rings is 1. The van der Waals surface area contributed by atoms with Crippen LogP contribution in [0.4, 0.5) is 5.69 Å². The number of hydrogen-bond acceptors (Lipinski definition) is 3. The Morgan fingerprint density at radius 2 is 2.12 bits per heavy atom. The van der Waals surface area contributed by atoms with Crippen LogP contribution in [0.3, 0.4) is 0 Å². The van der Waals surface area contributed by atoms with E-state index in [9.17, 15) is 0 Å². The van der Waals surface area contributed by atoms with E-state index < -0.39 is 0 Å². The Hall–Kier alpha value is -1.55. The maximum absolute atomic E-state index is 4.34. The number of nitrogens with one attached hydrogen (secondary N) is 2. The summed E-state index contributed by atoms with van der Waals surface area (Å²) in [6, 6.07) is 6.62. The summed E-state index contributed by atoms with van der Waals surface area (Å²) in [6.45, 7) is 6.45. The van der Waals surface area contributed by atoms with Crippen molar-refractivity contribution < 1.29 is 0 Å². The number of nitrogens with zero attached hydrogens (tertiary/aromatic N) is 2. The molecule has 0 aliphatic carbocycles. The highest BCUT2D eigenvalue weighted by Crippen LogP contribution is 2.23. The van der Waals surface area contributed by atoms with Crippen molar-refractivity contribution in [2.24, 2.45) is 0 Å². The molecule has 1 aromatic heterocycles. The van der Waals surface area contributed by atoms with Gasteiger partial charge in [0.1, 0.15) is 0 Å². The largest absolute Gasteiger partial charge is 0.369 e. The number of hydrogen-bond donors (Lipinski definition) is 2. The van der Waals surface area contributed by atoms with Gasteiger partial charge in [-0.2, -0.15) is 5.10 Å². The van der Waals surface area contributed by atoms with Gasteiger partial charge in [0, 0.05) is 37.3 Å². The van der Waals surface area contributed by atoms with Gasteiger partial charge in [0.05, 0.1) is 11.2 Å². The van der Waals surface area contributed by atoms with Gasteiger partial charge in [-0.15, -0.1) is 0 Å². The van der Waals surface area contributed by atoms with E-state index in [4.69, 9.17) is 0 Å². The van der Waals surface area contributed by atoms with Crippen LogP contribution in [0.2, 0.25) is 0 Å². The third kappa shape index (κ3) is 1.89. The van der Waals surface area contributed by atoms with Gasteiger partial charge in [0.25, 0.3) is 0 Å². The van der Waals surface area contributed by atoms with Gasteiger partial charge in [-0.1, -0.05) is 6.92 Å². The molecule has 2 N–H and O–H groups in total. The molecule has 1 saturated heterocycles. The SMILES string of the molecule is CCc1n[nH]c2cc(N3CCNCC3)ccc12. The Kier molecular flexibility index (Phi) is 2.73. The number of aromatic nitrogens is 2. The van der Waals surface area contributed by atoms with Crippen molar-refractivity contribution in [3.63, 3.8) is 0 Å². The number of aromatic amines is 1. The summed E-state index contributed by atoms with van der Waals surface area (Å²) in [5.74, 6) is 0. The summed E-state index contributed by atoms with van der Waals surface area (Å²) in [5, 5.41) is 12.1. The van der Waals surface area contributed by atoms with E-state index in [2.05, 4.69) is 45.5 Å². The van der Waals surface area contributed by atoms with Crippen LogP contribution >= 0.6 is 0 Å². The smallest absolute Gasteiger partial charge is 0.0698 e. The molecule has 4 heteroatoms. The summed E-state index contributed by atoms with van der Waals surface area (Å²) < 4.78 is 0. The van der Waals surface area contributed by atoms with Gasteiger partial charge in [0.2, 0.25) is 0 Å². The second-order valence-corrected chi connectivity index (χ2v) is 4.49. The number of rotatable bonds is 2. The summed E-state index contributed by atoms with van der Waals surface area (Å²) in [5.41, 5.74) is 3.61. The molecule has 0 radical (unpaired) electrons. The molecular formula is C13H18N4. The molecule has 17 heavy (non-hydrogen) atoms.